The first kappa shape index (κ1) is 17.8. The van der Waals surface area contributed by atoms with E-state index in [0.717, 1.165) is 27.8 Å². The van der Waals surface area contributed by atoms with E-state index in [-0.39, 0.29) is 0 Å². The van der Waals surface area contributed by atoms with Gasteiger partial charge in [-0.25, -0.2) is 4.98 Å². The quantitative estimate of drug-likeness (QED) is 0.399. The lowest BCUT2D eigenvalue weighted by molar-refractivity contribution is 0.454. The number of hydrogen-bond donors (Lipinski definition) is 0. The van der Waals surface area contributed by atoms with Gasteiger partial charge in [0.25, 0.3) is 0 Å². The molecular weight excluding hydrogens is 352 g/mol. The summed E-state index contributed by atoms with van der Waals surface area (Å²) in [6.45, 7) is 6.01. The van der Waals surface area contributed by atoms with E-state index in [2.05, 4.69) is 35.1 Å². The van der Waals surface area contributed by atoms with E-state index in [0.29, 0.717) is 11.0 Å². The number of aromatic nitrogens is 2. The highest BCUT2D eigenvalue weighted by atomic mass is 35.5. The molecule has 3 nitrogen and oxygen atoms in total. The van der Waals surface area contributed by atoms with Crippen LogP contribution in [-0.2, 0) is 5.75 Å². The van der Waals surface area contributed by atoms with Gasteiger partial charge in [0, 0.05) is 22.5 Å². The third kappa shape index (κ3) is 4.74. The zero-order valence-corrected chi connectivity index (χ0v) is 16.0. The molecular formula is C20H19ClN2OS. The molecule has 3 aromatic rings. The van der Waals surface area contributed by atoms with Gasteiger partial charge >= 0.3 is 0 Å². The minimum atomic E-state index is 0.543. The summed E-state index contributed by atoms with van der Waals surface area (Å²) in [5.74, 6) is 2.09. The van der Waals surface area contributed by atoms with E-state index >= 15 is 0 Å². The van der Waals surface area contributed by atoms with Gasteiger partial charge in [0.15, 0.2) is 5.16 Å². The van der Waals surface area contributed by atoms with Crippen LogP contribution in [0.15, 0.2) is 53.7 Å². The summed E-state index contributed by atoms with van der Waals surface area (Å²) in [5, 5.41) is 1.43. The number of nitrogens with zero attached hydrogens (tertiary/aromatic N) is 2. The Morgan fingerprint density at radius 2 is 1.76 bits per heavy atom. The molecule has 0 amide bonds. The lowest BCUT2D eigenvalue weighted by Crippen LogP contribution is -1.96. The topological polar surface area (TPSA) is 35.0 Å². The molecule has 0 unspecified atom stereocenters. The second-order valence-corrected chi connectivity index (χ2v) is 7.21. The van der Waals surface area contributed by atoms with E-state index in [4.69, 9.17) is 16.3 Å². The molecule has 2 aromatic carbocycles. The van der Waals surface area contributed by atoms with E-state index < -0.39 is 0 Å². The van der Waals surface area contributed by atoms with Crippen molar-refractivity contribution in [3.05, 3.63) is 75.9 Å². The Balaban J connectivity index is 1.76. The molecule has 0 aliphatic rings. The minimum absolute atomic E-state index is 0.543. The average Bonchev–Trinajstić information content (AvgIpc) is 2.57. The zero-order valence-electron chi connectivity index (χ0n) is 14.4. The van der Waals surface area contributed by atoms with Crippen LogP contribution in [0.25, 0.3) is 0 Å². The van der Waals surface area contributed by atoms with Crippen LogP contribution in [0.4, 0.5) is 0 Å². The Morgan fingerprint density at radius 1 is 0.960 bits per heavy atom. The fourth-order valence-electron chi connectivity index (χ4n) is 2.35. The van der Waals surface area contributed by atoms with Crippen LogP contribution in [0.3, 0.4) is 0 Å². The number of benzene rings is 2. The van der Waals surface area contributed by atoms with Gasteiger partial charge in [0.2, 0.25) is 5.88 Å². The van der Waals surface area contributed by atoms with Crippen LogP contribution in [0.1, 0.15) is 22.4 Å². The number of hydrogen-bond acceptors (Lipinski definition) is 4. The van der Waals surface area contributed by atoms with Crippen molar-refractivity contribution in [2.24, 2.45) is 0 Å². The lowest BCUT2D eigenvalue weighted by Gasteiger charge is -2.09. The fraction of sp³-hybridized carbons (Fsp3) is 0.200. The van der Waals surface area contributed by atoms with E-state index in [1.807, 2.05) is 44.2 Å². The Bertz CT molecular complexity index is 899. The van der Waals surface area contributed by atoms with Gasteiger partial charge in [0.1, 0.15) is 5.75 Å². The number of halogens is 1. The molecule has 5 heteroatoms. The molecule has 128 valence electrons. The maximum absolute atomic E-state index is 6.06. The summed E-state index contributed by atoms with van der Waals surface area (Å²) in [6, 6.07) is 15.8. The molecule has 3 rings (SSSR count). The minimum Gasteiger partial charge on any atom is -0.439 e. The summed E-state index contributed by atoms with van der Waals surface area (Å²) in [7, 11) is 0. The van der Waals surface area contributed by atoms with Gasteiger partial charge in [-0.15, -0.1) is 0 Å². The second-order valence-electron chi connectivity index (χ2n) is 5.86. The molecule has 0 aliphatic carbocycles. The van der Waals surface area contributed by atoms with Crippen molar-refractivity contribution in [3.8, 4) is 11.6 Å². The van der Waals surface area contributed by atoms with Crippen molar-refractivity contribution in [3.63, 3.8) is 0 Å². The molecule has 1 aromatic heterocycles. The highest BCUT2D eigenvalue weighted by Crippen LogP contribution is 2.28. The van der Waals surface area contributed by atoms with Crippen molar-refractivity contribution in [1.82, 2.24) is 9.97 Å². The first-order chi connectivity index (χ1) is 12.0. The first-order valence-corrected chi connectivity index (χ1v) is 9.34. The number of aryl methyl sites for hydroxylation is 3. The summed E-state index contributed by atoms with van der Waals surface area (Å²) in [6.07, 6.45) is 0. The first-order valence-electron chi connectivity index (χ1n) is 7.98. The van der Waals surface area contributed by atoms with Gasteiger partial charge in [-0.05, 0) is 55.7 Å². The average molecular weight is 371 g/mol. The summed E-state index contributed by atoms with van der Waals surface area (Å²) >= 11 is 7.67. The number of rotatable bonds is 5. The van der Waals surface area contributed by atoms with Gasteiger partial charge in [-0.2, -0.15) is 4.98 Å². The smallest absolute Gasteiger partial charge is 0.223 e. The Hall–Kier alpha value is -2.04. The van der Waals surface area contributed by atoms with Crippen LogP contribution in [0.5, 0.6) is 11.6 Å². The second kappa shape index (κ2) is 7.89. The number of thioether (sulfide) groups is 1. The predicted molar refractivity (Wildman–Crippen MR) is 104 cm³/mol. The van der Waals surface area contributed by atoms with Crippen LogP contribution >= 0.6 is 23.4 Å². The van der Waals surface area contributed by atoms with Crippen LogP contribution in [0.2, 0.25) is 5.02 Å². The highest BCUT2D eigenvalue weighted by molar-refractivity contribution is 7.98. The lowest BCUT2D eigenvalue weighted by atomic mass is 10.1. The normalized spacial score (nSPS) is 10.7. The van der Waals surface area contributed by atoms with Gasteiger partial charge in [-0.3, -0.25) is 0 Å². The van der Waals surface area contributed by atoms with Crippen molar-refractivity contribution in [1.29, 1.82) is 0 Å². The molecule has 0 atom stereocenters. The van der Waals surface area contributed by atoms with E-state index in [1.165, 1.54) is 11.1 Å². The molecule has 0 saturated carbocycles. The van der Waals surface area contributed by atoms with Crippen molar-refractivity contribution >= 4 is 23.4 Å². The van der Waals surface area contributed by atoms with Crippen LogP contribution < -0.4 is 4.74 Å². The molecule has 0 bridgehead atoms. The Morgan fingerprint density at radius 3 is 2.52 bits per heavy atom. The molecule has 0 radical (unpaired) electrons. The van der Waals surface area contributed by atoms with E-state index in [9.17, 15) is 0 Å². The monoisotopic (exact) mass is 370 g/mol. The van der Waals surface area contributed by atoms with Crippen molar-refractivity contribution in [2.75, 3.05) is 0 Å². The standard InChI is InChI=1S/C20H19ClN2OS/c1-13-6-4-5-7-16(13)12-25-20-22-15(3)11-19(23-20)24-17-8-9-18(21)14(2)10-17/h4-11H,12H2,1-3H3. The van der Waals surface area contributed by atoms with E-state index in [1.54, 1.807) is 11.8 Å². The third-order valence-electron chi connectivity index (χ3n) is 3.78. The maximum Gasteiger partial charge on any atom is 0.223 e. The zero-order chi connectivity index (χ0) is 17.8. The molecule has 1 heterocycles. The Kier molecular flexibility index (Phi) is 5.61. The molecule has 0 fully saturated rings. The van der Waals surface area contributed by atoms with Crippen molar-refractivity contribution < 1.29 is 4.74 Å². The van der Waals surface area contributed by atoms with Gasteiger partial charge in [-0.1, -0.05) is 47.6 Å². The largest absolute Gasteiger partial charge is 0.439 e. The van der Waals surface area contributed by atoms with Crippen LogP contribution in [0, 0.1) is 20.8 Å². The predicted octanol–water partition coefficient (Wildman–Crippen LogP) is 6.14. The summed E-state index contributed by atoms with van der Waals surface area (Å²) in [4.78, 5) is 9.02. The fourth-order valence-corrected chi connectivity index (χ4v) is 3.44. The number of ether oxygens (including phenoxy) is 1. The summed E-state index contributed by atoms with van der Waals surface area (Å²) < 4.78 is 5.89. The molecule has 0 N–H and O–H groups in total. The molecule has 25 heavy (non-hydrogen) atoms. The molecule has 0 aliphatic heterocycles. The molecule has 0 saturated heterocycles. The maximum atomic E-state index is 6.06. The Labute approximate surface area is 157 Å². The highest BCUT2D eigenvalue weighted by Gasteiger charge is 2.08. The summed E-state index contributed by atoms with van der Waals surface area (Å²) in [5.41, 5.74) is 4.41. The molecule has 0 spiro atoms. The van der Waals surface area contributed by atoms with Crippen molar-refractivity contribution in [2.45, 2.75) is 31.7 Å². The van der Waals surface area contributed by atoms with Gasteiger partial charge in [0.05, 0.1) is 0 Å². The van der Waals surface area contributed by atoms with Crippen LogP contribution in [-0.4, -0.2) is 9.97 Å². The third-order valence-corrected chi connectivity index (χ3v) is 5.10. The SMILES string of the molecule is Cc1cc(Oc2ccc(Cl)c(C)c2)nc(SCc2ccccc2C)n1. The van der Waals surface area contributed by atoms with Gasteiger partial charge < -0.3 is 4.74 Å².